The maximum atomic E-state index is 6.07. The van der Waals surface area contributed by atoms with Gasteiger partial charge in [-0.15, -0.1) is 10.2 Å². The van der Waals surface area contributed by atoms with Crippen molar-refractivity contribution in [3.8, 4) is 28.7 Å². The maximum Gasteiger partial charge on any atom is 0.244 e. The van der Waals surface area contributed by atoms with Gasteiger partial charge in [0.25, 0.3) is 0 Å². The highest BCUT2D eigenvalue weighted by atomic mass is 16.5. The van der Waals surface area contributed by atoms with Gasteiger partial charge in [-0.1, -0.05) is 36.2 Å². The van der Waals surface area contributed by atoms with Crippen LogP contribution < -0.4 is 4.74 Å². The van der Waals surface area contributed by atoms with Crippen LogP contribution in [0, 0.1) is 6.92 Å². The van der Waals surface area contributed by atoms with Gasteiger partial charge in [-0.3, -0.25) is 4.90 Å². The van der Waals surface area contributed by atoms with Crippen molar-refractivity contribution in [2.45, 2.75) is 26.2 Å². The number of piperidine rings is 1. The number of rotatable bonds is 6. The zero-order valence-corrected chi connectivity index (χ0v) is 15.6. The summed E-state index contributed by atoms with van der Waals surface area (Å²) >= 11 is 0. The topological polar surface area (TPSA) is 64.3 Å². The molecule has 1 aliphatic heterocycles. The minimum atomic E-state index is 0.434. The normalized spacial score (nSPS) is 15.0. The molecule has 0 bridgehead atoms. The molecule has 2 aromatic heterocycles. The number of aromatic nitrogens is 3. The molecule has 0 amide bonds. The molecule has 6 nitrogen and oxygen atoms in total. The second kappa shape index (κ2) is 8.31. The number of nitrogens with zero attached hydrogens (tertiary/aromatic N) is 4. The second-order valence-corrected chi connectivity index (χ2v) is 6.88. The van der Waals surface area contributed by atoms with Crippen LogP contribution in [0.5, 0.6) is 5.88 Å². The largest absolute Gasteiger partial charge is 0.475 e. The summed E-state index contributed by atoms with van der Waals surface area (Å²) in [4.78, 5) is 7.03. The van der Waals surface area contributed by atoms with Gasteiger partial charge in [0.1, 0.15) is 6.61 Å². The van der Waals surface area contributed by atoms with Gasteiger partial charge < -0.3 is 9.15 Å². The molecule has 1 fully saturated rings. The number of ether oxygens (including phenoxy) is 1. The summed E-state index contributed by atoms with van der Waals surface area (Å²) in [5.41, 5.74) is 2.79. The average Bonchev–Trinajstić information content (AvgIpc) is 3.24. The van der Waals surface area contributed by atoms with E-state index >= 15 is 0 Å². The predicted octanol–water partition coefficient (Wildman–Crippen LogP) is 3.97. The summed E-state index contributed by atoms with van der Waals surface area (Å²) in [6.45, 7) is 5.83. The fraction of sp³-hybridized carbons (Fsp3) is 0.381. The van der Waals surface area contributed by atoms with E-state index in [-0.39, 0.29) is 0 Å². The van der Waals surface area contributed by atoms with Gasteiger partial charge in [-0.2, -0.15) is 4.98 Å². The molecule has 0 saturated carbocycles. The Hall–Kier alpha value is -2.73. The Morgan fingerprint density at radius 2 is 1.85 bits per heavy atom. The molecule has 0 atom stereocenters. The summed E-state index contributed by atoms with van der Waals surface area (Å²) in [5.74, 6) is 1.51. The lowest BCUT2D eigenvalue weighted by Crippen LogP contribution is -2.33. The molecule has 1 aromatic carbocycles. The molecule has 3 aromatic rings. The maximum absolute atomic E-state index is 6.07. The van der Waals surface area contributed by atoms with Crippen molar-refractivity contribution in [1.82, 2.24) is 20.1 Å². The van der Waals surface area contributed by atoms with E-state index in [4.69, 9.17) is 9.15 Å². The van der Waals surface area contributed by atoms with Crippen molar-refractivity contribution >= 4 is 0 Å². The molecule has 6 heteroatoms. The first-order valence-electron chi connectivity index (χ1n) is 9.50. The minimum absolute atomic E-state index is 0.434. The van der Waals surface area contributed by atoms with Gasteiger partial charge >= 0.3 is 0 Å². The molecular weight excluding hydrogens is 340 g/mol. The van der Waals surface area contributed by atoms with E-state index in [0.29, 0.717) is 29.8 Å². The summed E-state index contributed by atoms with van der Waals surface area (Å²) in [7, 11) is 0. The van der Waals surface area contributed by atoms with Gasteiger partial charge in [-0.25, -0.2) is 0 Å². The first-order chi connectivity index (χ1) is 13.3. The van der Waals surface area contributed by atoms with E-state index < -0.39 is 0 Å². The second-order valence-electron chi connectivity index (χ2n) is 6.88. The van der Waals surface area contributed by atoms with Crippen LogP contribution in [-0.4, -0.2) is 46.3 Å². The Morgan fingerprint density at radius 1 is 1.04 bits per heavy atom. The third kappa shape index (κ3) is 4.34. The van der Waals surface area contributed by atoms with E-state index in [1.54, 1.807) is 6.26 Å². The van der Waals surface area contributed by atoms with Crippen LogP contribution in [0.25, 0.3) is 22.8 Å². The molecule has 27 heavy (non-hydrogen) atoms. The molecule has 0 radical (unpaired) electrons. The molecule has 0 aliphatic carbocycles. The van der Waals surface area contributed by atoms with Crippen molar-refractivity contribution in [3.63, 3.8) is 0 Å². The number of aryl methyl sites for hydroxylation is 1. The highest BCUT2D eigenvalue weighted by Crippen LogP contribution is 2.28. The van der Waals surface area contributed by atoms with Gasteiger partial charge in [0.15, 0.2) is 11.5 Å². The van der Waals surface area contributed by atoms with Gasteiger partial charge in [0.05, 0.1) is 6.26 Å². The Labute approximate surface area is 159 Å². The highest BCUT2D eigenvalue weighted by molar-refractivity contribution is 5.65. The van der Waals surface area contributed by atoms with E-state index in [1.165, 1.54) is 24.8 Å². The first-order valence-corrected chi connectivity index (χ1v) is 9.50. The van der Waals surface area contributed by atoms with Crippen LogP contribution in [0.4, 0.5) is 0 Å². The highest BCUT2D eigenvalue weighted by Gasteiger charge is 2.16. The van der Waals surface area contributed by atoms with E-state index in [1.807, 2.05) is 24.3 Å². The van der Waals surface area contributed by atoms with Crippen molar-refractivity contribution in [1.29, 1.82) is 0 Å². The van der Waals surface area contributed by atoms with Crippen molar-refractivity contribution in [2.24, 2.45) is 0 Å². The van der Waals surface area contributed by atoms with Crippen molar-refractivity contribution in [2.75, 3.05) is 26.2 Å². The number of hydrogen-bond donors (Lipinski definition) is 0. The monoisotopic (exact) mass is 364 g/mol. The van der Waals surface area contributed by atoms with E-state index in [9.17, 15) is 0 Å². The summed E-state index contributed by atoms with van der Waals surface area (Å²) in [5, 5.41) is 8.62. The third-order valence-corrected chi connectivity index (χ3v) is 4.82. The van der Waals surface area contributed by atoms with Crippen molar-refractivity contribution < 1.29 is 9.15 Å². The molecule has 1 saturated heterocycles. The molecule has 140 valence electrons. The average molecular weight is 364 g/mol. The molecule has 4 rings (SSSR count). The van der Waals surface area contributed by atoms with Crippen LogP contribution in [0.1, 0.15) is 24.8 Å². The fourth-order valence-corrected chi connectivity index (χ4v) is 3.27. The number of likely N-dealkylation sites (tertiary alicyclic amines) is 1. The fourth-order valence-electron chi connectivity index (χ4n) is 3.27. The first kappa shape index (κ1) is 17.7. The van der Waals surface area contributed by atoms with E-state index in [0.717, 1.165) is 25.2 Å². The molecular formula is C21H24N4O2. The zero-order valence-electron chi connectivity index (χ0n) is 15.6. The van der Waals surface area contributed by atoms with Crippen LogP contribution in [0.3, 0.4) is 0 Å². The molecule has 1 aliphatic rings. The lowest BCUT2D eigenvalue weighted by Gasteiger charge is -2.26. The SMILES string of the molecule is Cc1ccc(-c2nnc(-c3ccco3)nc2OCCN2CCCCC2)cc1. The minimum Gasteiger partial charge on any atom is -0.475 e. The number of hydrogen-bond acceptors (Lipinski definition) is 6. The molecule has 3 heterocycles. The van der Waals surface area contributed by atoms with Crippen LogP contribution >= 0.6 is 0 Å². The summed E-state index contributed by atoms with van der Waals surface area (Å²) in [6.07, 6.45) is 5.47. The smallest absolute Gasteiger partial charge is 0.244 e. The Kier molecular flexibility index (Phi) is 5.44. The number of furan rings is 1. The van der Waals surface area contributed by atoms with Crippen molar-refractivity contribution in [3.05, 3.63) is 48.2 Å². The lowest BCUT2D eigenvalue weighted by molar-refractivity contribution is 0.180. The standard InChI is InChI=1S/C21H24N4O2/c1-16-7-9-17(10-8-16)19-21(27-15-13-25-11-3-2-4-12-25)22-20(24-23-19)18-6-5-14-26-18/h5-10,14H,2-4,11-13,15H2,1H3. The summed E-state index contributed by atoms with van der Waals surface area (Å²) in [6, 6.07) is 11.8. The Bertz CT molecular complexity index is 856. The molecule has 0 unspecified atom stereocenters. The number of benzene rings is 1. The van der Waals surface area contributed by atoms with Gasteiger partial charge in [0.2, 0.25) is 11.7 Å². The molecule has 0 spiro atoms. The van der Waals surface area contributed by atoms with Crippen LogP contribution in [0.15, 0.2) is 47.1 Å². The van der Waals surface area contributed by atoms with Crippen LogP contribution in [0.2, 0.25) is 0 Å². The predicted molar refractivity (Wildman–Crippen MR) is 103 cm³/mol. The van der Waals surface area contributed by atoms with Gasteiger partial charge in [0, 0.05) is 12.1 Å². The van der Waals surface area contributed by atoms with Gasteiger partial charge in [-0.05, 0) is 45.0 Å². The third-order valence-electron chi connectivity index (χ3n) is 4.82. The zero-order chi connectivity index (χ0) is 18.5. The quantitative estimate of drug-likeness (QED) is 0.659. The van der Waals surface area contributed by atoms with E-state index in [2.05, 4.69) is 39.1 Å². The Balaban J connectivity index is 1.56. The molecule has 0 N–H and O–H groups in total. The lowest BCUT2D eigenvalue weighted by atomic mass is 10.1. The Morgan fingerprint density at radius 3 is 2.59 bits per heavy atom. The summed E-state index contributed by atoms with van der Waals surface area (Å²) < 4.78 is 11.5. The van der Waals surface area contributed by atoms with Crippen LogP contribution in [-0.2, 0) is 0 Å².